The van der Waals surface area contributed by atoms with Gasteiger partial charge in [0.15, 0.2) is 0 Å². The van der Waals surface area contributed by atoms with Gasteiger partial charge in [-0.1, -0.05) is 6.92 Å². The van der Waals surface area contributed by atoms with Crippen LogP contribution < -0.4 is 10.2 Å². The van der Waals surface area contributed by atoms with Crippen molar-refractivity contribution in [2.75, 3.05) is 36.5 Å². The first-order valence-corrected chi connectivity index (χ1v) is 7.75. The molecule has 4 heteroatoms. The smallest absolute Gasteiger partial charge is 0.0674 e. The minimum atomic E-state index is 0.541. The Morgan fingerprint density at radius 2 is 2.33 bits per heavy atom. The topological polar surface area (TPSA) is 24.5 Å². The van der Waals surface area contributed by atoms with Crippen LogP contribution in [0.2, 0.25) is 0 Å². The molecule has 2 atom stereocenters. The molecule has 2 aliphatic heterocycles. The molecule has 1 aromatic carbocycles. The Morgan fingerprint density at radius 3 is 3.17 bits per heavy atom. The Hall–Kier alpha value is -0.490. The first-order valence-electron chi connectivity index (χ1n) is 6.67. The summed E-state index contributed by atoms with van der Waals surface area (Å²) in [5.41, 5.74) is 2.63. The van der Waals surface area contributed by atoms with E-state index in [1.807, 2.05) is 0 Å². The van der Waals surface area contributed by atoms with Crippen LogP contribution in [0.25, 0.3) is 0 Å². The number of ether oxygens (including phenoxy) is 1. The van der Waals surface area contributed by atoms with E-state index < -0.39 is 0 Å². The Morgan fingerprint density at radius 1 is 1.44 bits per heavy atom. The maximum Gasteiger partial charge on any atom is 0.0674 e. The molecule has 1 N–H and O–H groups in total. The quantitative estimate of drug-likeness (QED) is 0.823. The first kappa shape index (κ1) is 12.5. The van der Waals surface area contributed by atoms with E-state index in [0.29, 0.717) is 12.0 Å². The molecule has 0 aliphatic carbocycles. The summed E-state index contributed by atoms with van der Waals surface area (Å²) in [6, 6.07) is 7.24. The predicted octanol–water partition coefficient (Wildman–Crippen LogP) is 2.95. The van der Waals surface area contributed by atoms with Gasteiger partial charge in [-0.15, -0.1) is 0 Å². The van der Waals surface area contributed by atoms with Crippen LogP contribution in [-0.2, 0) is 4.74 Å². The molecule has 1 saturated heterocycles. The van der Waals surface area contributed by atoms with Gasteiger partial charge < -0.3 is 15.0 Å². The van der Waals surface area contributed by atoms with Crippen molar-refractivity contribution >= 4 is 34.0 Å². The van der Waals surface area contributed by atoms with Crippen LogP contribution >= 0.6 is 22.6 Å². The van der Waals surface area contributed by atoms with E-state index in [4.69, 9.17) is 4.74 Å². The van der Waals surface area contributed by atoms with Crippen molar-refractivity contribution in [2.45, 2.75) is 19.4 Å². The Balaban J connectivity index is 2.00. The molecule has 98 valence electrons. The van der Waals surface area contributed by atoms with Crippen molar-refractivity contribution in [3.05, 3.63) is 21.8 Å². The highest BCUT2D eigenvalue weighted by molar-refractivity contribution is 14.1. The largest absolute Gasteiger partial charge is 0.383 e. The summed E-state index contributed by atoms with van der Waals surface area (Å²) in [5.74, 6) is 0.613. The third-order valence-electron chi connectivity index (χ3n) is 3.85. The van der Waals surface area contributed by atoms with Gasteiger partial charge in [0.05, 0.1) is 30.6 Å². The number of anilines is 2. The molecule has 0 spiro atoms. The molecule has 0 saturated carbocycles. The monoisotopic (exact) mass is 358 g/mol. The minimum Gasteiger partial charge on any atom is -0.383 e. The van der Waals surface area contributed by atoms with Crippen LogP contribution in [0.1, 0.15) is 13.3 Å². The summed E-state index contributed by atoms with van der Waals surface area (Å²) in [5, 5.41) is 3.60. The fraction of sp³-hybridized carbons (Fsp3) is 0.571. The predicted molar refractivity (Wildman–Crippen MR) is 83.4 cm³/mol. The number of rotatable bonds is 2. The average Bonchev–Trinajstić information content (AvgIpc) is 2.77. The van der Waals surface area contributed by atoms with Gasteiger partial charge in [0, 0.05) is 22.6 Å². The summed E-state index contributed by atoms with van der Waals surface area (Å²) in [7, 11) is 0. The van der Waals surface area contributed by atoms with Crippen molar-refractivity contribution in [1.82, 2.24) is 0 Å². The molecule has 0 aromatic heterocycles. The van der Waals surface area contributed by atoms with Gasteiger partial charge in [0.1, 0.15) is 0 Å². The van der Waals surface area contributed by atoms with Gasteiger partial charge in [0.25, 0.3) is 0 Å². The summed E-state index contributed by atoms with van der Waals surface area (Å²) < 4.78 is 6.97. The Labute approximate surface area is 122 Å². The van der Waals surface area contributed by atoms with E-state index in [0.717, 1.165) is 26.3 Å². The van der Waals surface area contributed by atoms with Crippen LogP contribution in [0, 0.1) is 9.49 Å². The van der Waals surface area contributed by atoms with E-state index in [1.165, 1.54) is 21.4 Å². The first-order chi connectivity index (χ1) is 8.79. The van der Waals surface area contributed by atoms with Gasteiger partial charge in [0.2, 0.25) is 0 Å². The highest BCUT2D eigenvalue weighted by atomic mass is 127. The molecular formula is C14H19IN2O. The van der Waals surface area contributed by atoms with Crippen LogP contribution in [-0.4, -0.2) is 32.3 Å². The number of hydrogen-bond acceptors (Lipinski definition) is 3. The van der Waals surface area contributed by atoms with Crippen molar-refractivity contribution in [3.8, 4) is 0 Å². The third-order valence-corrected chi connectivity index (χ3v) is 4.52. The highest BCUT2D eigenvalue weighted by Gasteiger charge is 2.35. The third kappa shape index (κ3) is 2.20. The van der Waals surface area contributed by atoms with E-state index >= 15 is 0 Å². The molecule has 18 heavy (non-hydrogen) atoms. The second-order valence-corrected chi connectivity index (χ2v) is 6.35. The van der Waals surface area contributed by atoms with Crippen molar-refractivity contribution < 1.29 is 4.74 Å². The fourth-order valence-electron chi connectivity index (χ4n) is 2.97. The number of halogens is 1. The molecule has 0 amide bonds. The van der Waals surface area contributed by atoms with Gasteiger partial charge in [-0.25, -0.2) is 0 Å². The van der Waals surface area contributed by atoms with Gasteiger partial charge in [-0.2, -0.15) is 0 Å². The van der Waals surface area contributed by atoms with Crippen molar-refractivity contribution in [2.24, 2.45) is 5.92 Å². The van der Waals surface area contributed by atoms with Crippen LogP contribution in [0.3, 0.4) is 0 Å². The van der Waals surface area contributed by atoms with Gasteiger partial charge >= 0.3 is 0 Å². The SMILES string of the molecule is CCCN1c2ccc(I)cc2NCC2COCC21. The number of hydrogen-bond donors (Lipinski definition) is 1. The highest BCUT2D eigenvalue weighted by Crippen LogP contribution is 2.36. The Kier molecular flexibility index (Phi) is 3.66. The molecule has 1 fully saturated rings. The van der Waals surface area contributed by atoms with Crippen LogP contribution in [0.5, 0.6) is 0 Å². The summed E-state index contributed by atoms with van der Waals surface area (Å²) in [6.07, 6.45) is 1.18. The lowest BCUT2D eigenvalue weighted by molar-refractivity contribution is 0.185. The molecule has 2 unspecified atom stereocenters. The summed E-state index contributed by atoms with van der Waals surface area (Å²) >= 11 is 2.38. The van der Waals surface area contributed by atoms with E-state index in [2.05, 4.69) is 57.9 Å². The van der Waals surface area contributed by atoms with Crippen LogP contribution in [0.4, 0.5) is 11.4 Å². The minimum absolute atomic E-state index is 0.541. The maximum absolute atomic E-state index is 5.68. The van der Waals surface area contributed by atoms with Gasteiger partial charge in [-0.3, -0.25) is 0 Å². The molecule has 1 aromatic rings. The normalized spacial score (nSPS) is 26.2. The maximum atomic E-state index is 5.68. The van der Waals surface area contributed by atoms with E-state index in [1.54, 1.807) is 0 Å². The second kappa shape index (κ2) is 5.25. The molecule has 3 nitrogen and oxygen atoms in total. The lowest BCUT2D eigenvalue weighted by atomic mass is 10.0. The lowest BCUT2D eigenvalue weighted by Crippen LogP contribution is -2.41. The van der Waals surface area contributed by atoms with Crippen molar-refractivity contribution in [3.63, 3.8) is 0 Å². The van der Waals surface area contributed by atoms with Crippen molar-refractivity contribution in [1.29, 1.82) is 0 Å². The standard InChI is InChI=1S/C14H19IN2O/c1-2-5-17-13-4-3-11(15)6-12(13)16-7-10-8-18-9-14(10)17/h3-4,6,10,14,16H,2,5,7-9H2,1H3. The van der Waals surface area contributed by atoms with E-state index in [9.17, 15) is 0 Å². The second-order valence-electron chi connectivity index (χ2n) is 5.10. The number of benzene rings is 1. The zero-order valence-corrected chi connectivity index (χ0v) is 12.8. The fourth-order valence-corrected chi connectivity index (χ4v) is 3.47. The number of nitrogens with zero attached hydrogens (tertiary/aromatic N) is 1. The summed E-state index contributed by atoms with van der Waals surface area (Å²) in [4.78, 5) is 2.54. The molecule has 2 heterocycles. The zero-order chi connectivity index (χ0) is 12.5. The lowest BCUT2D eigenvalue weighted by Gasteiger charge is -2.31. The van der Waals surface area contributed by atoms with Gasteiger partial charge in [-0.05, 0) is 47.2 Å². The molecule has 0 bridgehead atoms. The average molecular weight is 358 g/mol. The molecule has 0 radical (unpaired) electrons. The molecule has 2 aliphatic rings. The number of fused-ring (bicyclic) bond motifs is 2. The number of nitrogens with one attached hydrogen (secondary N) is 1. The Bertz CT molecular complexity index is 438. The van der Waals surface area contributed by atoms with Crippen LogP contribution in [0.15, 0.2) is 18.2 Å². The zero-order valence-electron chi connectivity index (χ0n) is 10.7. The summed E-state index contributed by atoms with van der Waals surface area (Å²) in [6.45, 7) is 6.15. The van der Waals surface area contributed by atoms with E-state index in [-0.39, 0.29) is 0 Å². The molecular weight excluding hydrogens is 339 g/mol. The molecule has 3 rings (SSSR count).